The van der Waals surface area contributed by atoms with Crippen LogP contribution in [0.5, 0.6) is 5.75 Å². The molecule has 0 heterocycles. The van der Waals surface area contributed by atoms with Gasteiger partial charge in [-0.25, -0.2) is 8.42 Å². The largest absolute Gasteiger partial charge is 0.490 e. The van der Waals surface area contributed by atoms with Gasteiger partial charge in [0.2, 0.25) is 0 Å². The van der Waals surface area contributed by atoms with Crippen molar-refractivity contribution in [2.45, 2.75) is 26.4 Å². The Morgan fingerprint density at radius 1 is 1.29 bits per heavy atom. The van der Waals surface area contributed by atoms with Gasteiger partial charge in [0.15, 0.2) is 0 Å². The van der Waals surface area contributed by atoms with Crippen LogP contribution in [0.1, 0.15) is 17.5 Å². The lowest BCUT2D eigenvalue weighted by atomic mass is 10.1. The van der Waals surface area contributed by atoms with Crippen molar-refractivity contribution < 1.29 is 18.3 Å². The van der Waals surface area contributed by atoms with E-state index in [2.05, 4.69) is 5.32 Å². The van der Waals surface area contributed by atoms with Crippen LogP contribution in [-0.2, 0) is 9.84 Å². The summed E-state index contributed by atoms with van der Waals surface area (Å²) in [6.45, 7) is 5.10. The molecule has 1 unspecified atom stereocenters. The lowest BCUT2D eigenvalue weighted by Crippen LogP contribution is -2.32. The van der Waals surface area contributed by atoms with E-state index in [0.29, 0.717) is 19.5 Å². The fraction of sp³-hybridized carbons (Fsp3) is 0.600. The Kier molecular flexibility index (Phi) is 7.14. The summed E-state index contributed by atoms with van der Waals surface area (Å²) in [7, 11) is -2.91. The third-order valence-electron chi connectivity index (χ3n) is 3.08. The van der Waals surface area contributed by atoms with E-state index in [1.165, 1.54) is 6.26 Å². The maximum atomic E-state index is 11.0. The number of rotatable bonds is 9. The smallest absolute Gasteiger partial charge is 0.147 e. The zero-order valence-electron chi connectivity index (χ0n) is 12.9. The first-order valence-electron chi connectivity index (χ1n) is 7.05. The first kappa shape index (κ1) is 17.9. The van der Waals surface area contributed by atoms with Crippen molar-refractivity contribution in [3.63, 3.8) is 0 Å². The van der Waals surface area contributed by atoms with E-state index in [0.717, 1.165) is 16.9 Å². The molecule has 0 spiro atoms. The van der Waals surface area contributed by atoms with Crippen molar-refractivity contribution in [2.24, 2.45) is 0 Å². The molecule has 0 amide bonds. The lowest BCUT2D eigenvalue weighted by molar-refractivity contribution is 0.106. The Morgan fingerprint density at radius 2 is 1.90 bits per heavy atom. The molecule has 0 radical (unpaired) electrons. The van der Waals surface area contributed by atoms with Gasteiger partial charge in [0.25, 0.3) is 0 Å². The van der Waals surface area contributed by atoms with Gasteiger partial charge < -0.3 is 15.2 Å². The molecule has 0 saturated heterocycles. The molecule has 0 aliphatic rings. The second kappa shape index (κ2) is 8.36. The number of nitrogens with one attached hydrogen (secondary N) is 1. The van der Waals surface area contributed by atoms with Crippen LogP contribution in [0.3, 0.4) is 0 Å². The van der Waals surface area contributed by atoms with E-state index in [-0.39, 0.29) is 12.4 Å². The Morgan fingerprint density at radius 3 is 2.48 bits per heavy atom. The van der Waals surface area contributed by atoms with Crippen LogP contribution in [0.25, 0.3) is 0 Å². The molecule has 1 rings (SSSR count). The van der Waals surface area contributed by atoms with Crippen LogP contribution in [0, 0.1) is 13.8 Å². The maximum Gasteiger partial charge on any atom is 0.147 e. The fourth-order valence-corrected chi connectivity index (χ4v) is 2.66. The molecule has 1 aromatic rings. The zero-order valence-corrected chi connectivity index (χ0v) is 13.7. The van der Waals surface area contributed by atoms with Crippen molar-refractivity contribution in [2.75, 3.05) is 31.7 Å². The van der Waals surface area contributed by atoms with Crippen LogP contribution in [0.2, 0.25) is 0 Å². The predicted molar refractivity (Wildman–Crippen MR) is 84.6 cm³/mol. The quantitative estimate of drug-likeness (QED) is 0.667. The molecule has 6 heteroatoms. The highest BCUT2D eigenvalue weighted by atomic mass is 32.2. The molecule has 0 saturated carbocycles. The van der Waals surface area contributed by atoms with E-state index in [4.69, 9.17) is 4.74 Å². The third kappa shape index (κ3) is 7.45. The number of aliphatic hydroxyl groups is 1. The van der Waals surface area contributed by atoms with Crippen LogP contribution >= 0.6 is 0 Å². The van der Waals surface area contributed by atoms with Crippen molar-refractivity contribution in [1.29, 1.82) is 0 Å². The molecule has 120 valence electrons. The van der Waals surface area contributed by atoms with Gasteiger partial charge in [0.05, 0.1) is 5.75 Å². The SMILES string of the molecule is Cc1cccc(C)c1OCC(O)CNCCCS(C)(=O)=O. The number of benzene rings is 1. The second-order valence-electron chi connectivity index (χ2n) is 5.37. The second-order valence-corrected chi connectivity index (χ2v) is 7.63. The van der Waals surface area contributed by atoms with E-state index < -0.39 is 15.9 Å². The summed E-state index contributed by atoms with van der Waals surface area (Å²) in [6.07, 6.45) is 1.14. The molecule has 0 aliphatic carbocycles. The predicted octanol–water partition coefficient (Wildman–Crippen LogP) is 1.07. The van der Waals surface area contributed by atoms with Crippen molar-refractivity contribution >= 4 is 9.84 Å². The van der Waals surface area contributed by atoms with E-state index >= 15 is 0 Å². The fourth-order valence-electron chi connectivity index (χ4n) is 1.99. The van der Waals surface area contributed by atoms with Gasteiger partial charge in [-0.1, -0.05) is 18.2 Å². The minimum absolute atomic E-state index is 0.162. The molecule has 0 aromatic heterocycles. The maximum absolute atomic E-state index is 11.0. The van der Waals surface area contributed by atoms with Gasteiger partial charge in [-0.05, 0) is 37.9 Å². The van der Waals surface area contributed by atoms with Crippen LogP contribution in [0.4, 0.5) is 0 Å². The number of hydrogen-bond donors (Lipinski definition) is 2. The molecule has 1 aromatic carbocycles. The van der Waals surface area contributed by atoms with Gasteiger partial charge in [0, 0.05) is 12.8 Å². The summed E-state index contributed by atoms with van der Waals surface area (Å²) in [5, 5.41) is 12.9. The van der Waals surface area contributed by atoms with Crippen molar-refractivity contribution in [3.8, 4) is 5.75 Å². The van der Waals surface area contributed by atoms with Crippen molar-refractivity contribution in [1.82, 2.24) is 5.32 Å². The lowest BCUT2D eigenvalue weighted by Gasteiger charge is -2.16. The zero-order chi connectivity index (χ0) is 15.9. The first-order chi connectivity index (χ1) is 9.79. The summed E-state index contributed by atoms with van der Waals surface area (Å²) in [4.78, 5) is 0. The number of aryl methyl sites for hydroxylation is 2. The normalized spacial score (nSPS) is 13.1. The number of para-hydroxylation sites is 1. The third-order valence-corrected chi connectivity index (χ3v) is 4.11. The van der Waals surface area contributed by atoms with Gasteiger partial charge >= 0.3 is 0 Å². The average Bonchev–Trinajstić information content (AvgIpc) is 2.36. The molecule has 2 N–H and O–H groups in total. The monoisotopic (exact) mass is 315 g/mol. The summed E-state index contributed by atoms with van der Waals surface area (Å²) in [6, 6.07) is 5.91. The summed E-state index contributed by atoms with van der Waals surface area (Å²) in [5.41, 5.74) is 2.09. The van der Waals surface area contributed by atoms with E-state index in [9.17, 15) is 13.5 Å². The highest BCUT2D eigenvalue weighted by Gasteiger charge is 2.08. The van der Waals surface area contributed by atoms with E-state index in [1.54, 1.807) is 0 Å². The molecule has 0 fully saturated rings. The number of hydrogen-bond acceptors (Lipinski definition) is 5. The minimum atomic E-state index is -2.91. The van der Waals surface area contributed by atoms with E-state index in [1.807, 2.05) is 32.0 Å². The molecule has 1 atom stereocenters. The molecule has 5 nitrogen and oxygen atoms in total. The number of ether oxygens (including phenoxy) is 1. The molecule has 0 bridgehead atoms. The summed E-state index contributed by atoms with van der Waals surface area (Å²) < 4.78 is 27.6. The highest BCUT2D eigenvalue weighted by Crippen LogP contribution is 2.22. The van der Waals surface area contributed by atoms with Crippen LogP contribution in [0.15, 0.2) is 18.2 Å². The van der Waals surface area contributed by atoms with Crippen molar-refractivity contribution in [3.05, 3.63) is 29.3 Å². The summed E-state index contributed by atoms with van der Waals surface area (Å²) >= 11 is 0. The van der Waals surface area contributed by atoms with Gasteiger partial charge in [-0.2, -0.15) is 0 Å². The van der Waals surface area contributed by atoms with Crippen LogP contribution in [-0.4, -0.2) is 51.3 Å². The van der Waals surface area contributed by atoms with Gasteiger partial charge in [0.1, 0.15) is 28.3 Å². The Labute approximate surface area is 127 Å². The van der Waals surface area contributed by atoms with Gasteiger partial charge in [-0.15, -0.1) is 0 Å². The minimum Gasteiger partial charge on any atom is -0.490 e. The molecular weight excluding hydrogens is 290 g/mol. The summed E-state index contributed by atoms with van der Waals surface area (Å²) in [5.74, 6) is 0.975. The number of sulfone groups is 1. The Balaban J connectivity index is 2.24. The average molecular weight is 315 g/mol. The van der Waals surface area contributed by atoms with Gasteiger partial charge in [-0.3, -0.25) is 0 Å². The Bertz CT molecular complexity index is 522. The first-order valence-corrected chi connectivity index (χ1v) is 9.11. The topological polar surface area (TPSA) is 75.6 Å². The standard InChI is InChI=1S/C15H25NO4S/c1-12-6-4-7-13(2)15(12)20-11-14(17)10-16-8-5-9-21(3,18)19/h4,6-7,14,16-17H,5,8-11H2,1-3H3. The molecular formula is C15H25NO4S. The highest BCUT2D eigenvalue weighted by molar-refractivity contribution is 7.90. The molecule has 21 heavy (non-hydrogen) atoms. The van der Waals surface area contributed by atoms with Crippen LogP contribution < -0.4 is 10.1 Å². The number of aliphatic hydroxyl groups excluding tert-OH is 1. The molecule has 0 aliphatic heterocycles. The Hall–Kier alpha value is -1.11.